The molecular weight excluding hydrogens is 309 g/mol. The van der Waals surface area contributed by atoms with Crippen molar-refractivity contribution in [2.75, 3.05) is 11.9 Å². The number of amides is 2. The minimum Gasteiger partial charge on any atom is -0.388 e. The van der Waals surface area contributed by atoms with Gasteiger partial charge in [0.2, 0.25) is 0 Å². The summed E-state index contributed by atoms with van der Waals surface area (Å²) in [5.41, 5.74) is -0.611. The maximum absolute atomic E-state index is 12.4. The highest BCUT2D eigenvalue weighted by Gasteiger charge is 2.38. The highest BCUT2D eigenvalue weighted by molar-refractivity contribution is 5.89. The number of alkyl halides is 3. The zero-order valence-electron chi connectivity index (χ0n) is 13.2. The number of anilines is 1. The summed E-state index contributed by atoms with van der Waals surface area (Å²) in [5, 5.41) is 12.7. The predicted octanol–water partition coefficient (Wildman–Crippen LogP) is 3.56. The number of hydrogen-bond donors (Lipinski definition) is 2. The van der Waals surface area contributed by atoms with Gasteiger partial charge in [-0.3, -0.25) is 0 Å². The second-order valence-corrected chi connectivity index (χ2v) is 6.43. The third-order valence-electron chi connectivity index (χ3n) is 3.91. The van der Waals surface area contributed by atoms with Gasteiger partial charge < -0.3 is 15.3 Å². The topological polar surface area (TPSA) is 52.6 Å². The molecule has 2 rings (SSSR count). The Hall–Kier alpha value is -1.76. The smallest absolute Gasteiger partial charge is 0.388 e. The molecule has 0 bridgehead atoms. The van der Waals surface area contributed by atoms with Gasteiger partial charge in [-0.2, -0.15) is 13.2 Å². The van der Waals surface area contributed by atoms with Gasteiger partial charge in [-0.05, 0) is 44.4 Å². The monoisotopic (exact) mass is 330 g/mol. The second-order valence-electron chi connectivity index (χ2n) is 6.43. The van der Waals surface area contributed by atoms with Crippen LogP contribution in [0.2, 0.25) is 0 Å². The van der Waals surface area contributed by atoms with Crippen molar-refractivity contribution in [3.05, 3.63) is 29.8 Å². The van der Waals surface area contributed by atoms with Gasteiger partial charge >= 0.3 is 12.2 Å². The lowest BCUT2D eigenvalue weighted by molar-refractivity contribution is -0.127. The molecule has 23 heavy (non-hydrogen) atoms. The number of benzene rings is 1. The molecule has 0 aromatic heterocycles. The Labute approximate surface area is 133 Å². The quantitative estimate of drug-likeness (QED) is 0.890. The van der Waals surface area contributed by atoms with Crippen molar-refractivity contribution < 1.29 is 23.1 Å². The van der Waals surface area contributed by atoms with Gasteiger partial charge in [0.05, 0.1) is 18.1 Å². The number of nitrogens with zero attached hydrogens (tertiary/aromatic N) is 1. The molecule has 2 amide bonds. The maximum atomic E-state index is 12.4. The third-order valence-corrected chi connectivity index (χ3v) is 3.91. The summed E-state index contributed by atoms with van der Waals surface area (Å²) in [6.45, 7) is 3.81. The molecule has 1 heterocycles. The Morgan fingerprint density at radius 2 is 2.09 bits per heavy atom. The van der Waals surface area contributed by atoms with E-state index in [1.54, 1.807) is 19.9 Å². The molecule has 0 radical (unpaired) electrons. The molecule has 0 spiro atoms. The molecule has 4 nitrogen and oxygen atoms in total. The highest BCUT2D eigenvalue weighted by atomic mass is 19.4. The molecule has 1 aliphatic rings. The van der Waals surface area contributed by atoms with E-state index >= 15 is 0 Å². The molecule has 0 saturated carbocycles. The highest BCUT2D eigenvalue weighted by Crippen LogP contribution is 2.28. The molecule has 1 aliphatic heterocycles. The largest absolute Gasteiger partial charge is 0.393 e. The average Bonchev–Trinajstić information content (AvgIpc) is 2.85. The van der Waals surface area contributed by atoms with Crippen molar-refractivity contribution in [1.29, 1.82) is 0 Å². The Balaban J connectivity index is 2.07. The molecule has 0 aliphatic carbocycles. The van der Waals surface area contributed by atoms with Crippen LogP contribution < -0.4 is 5.32 Å². The SMILES string of the molecule is CC(C)(O)C1CCCN1C(=O)Nc1cccc(CC(F)(F)F)c1. The van der Waals surface area contributed by atoms with Crippen molar-refractivity contribution in [3.8, 4) is 0 Å². The van der Waals surface area contributed by atoms with Gasteiger partial charge in [-0.15, -0.1) is 0 Å². The van der Waals surface area contributed by atoms with Crippen LogP contribution in [0.3, 0.4) is 0 Å². The fourth-order valence-corrected chi connectivity index (χ4v) is 2.93. The lowest BCUT2D eigenvalue weighted by Gasteiger charge is -2.33. The van der Waals surface area contributed by atoms with Gasteiger partial charge in [-0.1, -0.05) is 12.1 Å². The number of urea groups is 1. The fourth-order valence-electron chi connectivity index (χ4n) is 2.93. The normalized spacial score (nSPS) is 19.0. The van der Waals surface area contributed by atoms with Crippen molar-refractivity contribution in [1.82, 2.24) is 4.90 Å². The van der Waals surface area contributed by atoms with Crippen LogP contribution in [0.5, 0.6) is 0 Å². The Kier molecular flexibility index (Phi) is 4.89. The fraction of sp³-hybridized carbons (Fsp3) is 0.562. The van der Waals surface area contributed by atoms with Gasteiger partial charge in [-0.25, -0.2) is 4.79 Å². The Bertz CT molecular complexity index is 567. The number of carbonyl (C=O) groups is 1. The summed E-state index contributed by atoms with van der Waals surface area (Å²) < 4.78 is 37.3. The van der Waals surface area contributed by atoms with Crippen LogP contribution in [0.15, 0.2) is 24.3 Å². The summed E-state index contributed by atoms with van der Waals surface area (Å²) in [7, 11) is 0. The van der Waals surface area contributed by atoms with Crippen LogP contribution in [0.1, 0.15) is 32.3 Å². The van der Waals surface area contributed by atoms with Crippen molar-refractivity contribution in [2.45, 2.75) is 50.9 Å². The molecule has 1 saturated heterocycles. The number of aliphatic hydroxyl groups is 1. The number of carbonyl (C=O) groups excluding carboxylic acids is 1. The number of hydrogen-bond acceptors (Lipinski definition) is 2. The van der Waals surface area contributed by atoms with Crippen LogP contribution in [0, 0.1) is 0 Å². The van der Waals surface area contributed by atoms with E-state index in [2.05, 4.69) is 5.32 Å². The Morgan fingerprint density at radius 1 is 1.39 bits per heavy atom. The maximum Gasteiger partial charge on any atom is 0.393 e. The first-order valence-electron chi connectivity index (χ1n) is 7.52. The molecule has 1 aromatic rings. The number of nitrogens with one attached hydrogen (secondary N) is 1. The zero-order valence-corrected chi connectivity index (χ0v) is 13.2. The Morgan fingerprint density at radius 3 is 2.70 bits per heavy atom. The first kappa shape index (κ1) is 17.6. The number of rotatable bonds is 3. The van der Waals surface area contributed by atoms with Crippen molar-refractivity contribution in [2.24, 2.45) is 0 Å². The third kappa shape index (κ3) is 4.86. The average molecular weight is 330 g/mol. The first-order valence-corrected chi connectivity index (χ1v) is 7.52. The van der Waals surface area contributed by atoms with Crippen LogP contribution in [0.25, 0.3) is 0 Å². The van der Waals surface area contributed by atoms with Gasteiger partial charge in [0, 0.05) is 12.2 Å². The second kappa shape index (κ2) is 6.39. The van der Waals surface area contributed by atoms with E-state index in [-0.39, 0.29) is 11.6 Å². The van der Waals surface area contributed by atoms with Crippen LogP contribution in [-0.2, 0) is 6.42 Å². The van der Waals surface area contributed by atoms with Gasteiger partial charge in [0.1, 0.15) is 0 Å². The van der Waals surface area contributed by atoms with E-state index in [4.69, 9.17) is 0 Å². The van der Waals surface area contributed by atoms with E-state index in [0.29, 0.717) is 18.7 Å². The predicted molar refractivity (Wildman–Crippen MR) is 81.2 cm³/mol. The van der Waals surface area contributed by atoms with E-state index < -0.39 is 24.2 Å². The summed E-state index contributed by atoms with van der Waals surface area (Å²) in [6, 6.07) is 5.01. The molecular formula is C16H21F3N2O2. The molecule has 1 unspecified atom stereocenters. The standard InChI is InChI=1S/C16H21F3N2O2/c1-15(2,23)13-7-4-8-21(13)14(22)20-12-6-3-5-11(9-12)10-16(17,18)19/h3,5-6,9,13,23H,4,7-8,10H2,1-2H3,(H,20,22). The number of likely N-dealkylation sites (tertiary alicyclic amines) is 1. The summed E-state index contributed by atoms with van der Waals surface area (Å²) in [4.78, 5) is 13.9. The number of halogens is 3. The van der Waals surface area contributed by atoms with Crippen LogP contribution in [-0.4, -0.2) is 40.4 Å². The summed E-state index contributed by atoms with van der Waals surface area (Å²) in [6.07, 6.45) is -3.84. The summed E-state index contributed by atoms with van der Waals surface area (Å²) in [5.74, 6) is 0. The molecule has 1 fully saturated rings. The van der Waals surface area contributed by atoms with E-state index in [1.165, 1.54) is 23.1 Å². The van der Waals surface area contributed by atoms with E-state index in [1.807, 2.05) is 0 Å². The van der Waals surface area contributed by atoms with Gasteiger partial charge in [0.25, 0.3) is 0 Å². The molecule has 7 heteroatoms. The van der Waals surface area contributed by atoms with Crippen LogP contribution in [0.4, 0.5) is 23.7 Å². The molecule has 128 valence electrons. The van der Waals surface area contributed by atoms with Crippen LogP contribution >= 0.6 is 0 Å². The lowest BCUT2D eigenvalue weighted by atomic mass is 9.97. The van der Waals surface area contributed by atoms with Crippen molar-refractivity contribution in [3.63, 3.8) is 0 Å². The molecule has 1 aromatic carbocycles. The molecule has 2 N–H and O–H groups in total. The first-order chi connectivity index (χ1) is 10.6. The van der Waals surface area contributed by atoms with Crippen molar-refractivity contribution >= 4 is 11.7 Å². The minimum atomic E-state index is -4.29. The van der Waals surface area contributed by atoms with E-state index in [0.717, 1.165) is 6.42 Å². The van der Waals surface area contributed by atoms with Gasteiger partial charge in [0.15, 0.2) is 0 Å². The molecule has 1 atom stereocenters. The summed E-state index contributed by atoms with van der Waals surface area (Å²) >= 11 is 0. The minimum absolute atomic E-state index is 0.0933. The zero-order chi connectivity index (χ0) is 17.3. The lowest BCUT2D eigenvalue weighted by Crippen LogP contribution is -2.49. The van der Waals surface area contributed by atoms with E-state index in [9.17, 15) is 23.1 Å².